The third-order valence-electron chi connectivity index (χ3n) is 2.67. The molecule has 2 heteroatoms. The van der Waals surface area contributed by atoms with Crippen LogP contribution in [-0.2, 0) is 13.6 Å². The van der Waals surface area contributed by atoms with Crippen molar-refractivity contribution in [3.8, 4) is 12.3 Å². The summed E-state index contributed by atoms with van der Waals surface area (Å²) in [6.45, 7) is 4.28. The summed E-state index contributed by atoms with van der Waals surface area (Å²) in [7, 11) is 4.19. The van der Waals surface area contributed by atoms with Crippen molar-refractivity contribution in [2.24, 2.45) is 7.05 Å². The average Bonchev–Trinajstić information content (AvgIpc) is 2.57. The maximum atomic E-state index is 5.46. The summed E-state index contributed by atoms with van der Waals surface area (Å²) in [6, 6.07) is 2.00. The van der Waals surface area contributed by atoms with Crippen LogP contribution < -0.4 is 0 Å². The Morgan fingerprint density at radius 1 is 1.53 bits per heavy atom. The minimum Gasteiger partial charge on any atom is -0.352 e. The monoisotopic (exact) mass is 204 g/mol. The van der Waals surface area contributed by atoms with E-state index in [1.807, 2.05) is 19.3 Å². The predicted octanol–water partition coefficient (Wildman–Crippen LogP) is 2.24. The number of terminal acetylenes is 1. The molecule has 1 aromatic rings. The van der Waals surface area contributed by atoms with Gasteiger partial charge in [0.15, 0.2) is 0 Å². The fourth-order valence-corrected chi connectivity index (χ4v) is 1.65. The van der Waals surface area contributed by atoms with Crippen LogP contribution in [0, 0.1) is 12.3 Å². The van der Waals surface area contributed by atoms with Gasteiger partial charge in [0, 0.05) is 31.0 Å². The fraction of sp³-hybridized carbons (Fsp3) is 0.538. The number of unbranched alkanes of at least 4 members (excludes halogenated alkanes) is 1. The molecule has 1 aromatic heterocycles. The Labute approximate surface area is 92.9 Å². The lowest BCUT2D eigenvalue weighted by Gasteiger charge is -2.17. The molecule has 2 nitrogen and oxygen atoms in total. The minimum absolute atomic E-state index is 0.934. The summed E-state index contributed by atoms with van der Waals surface area (Å²) in [6.07, 6.45) is 9.96. The molecule has 0 aliphatic heterocycles. The molecular formula is C13H20N2. The van der Waals surface area contributed by atoms with E-state index in [9.17, 15) is 0 Å². The van der Waals surface area contributed by atoms with Crippen molar-refractivity contribution in [1.29, 1.82) is 0 Å². The van der Waals surface area contributed by atoms with Crippen molar-refractivity contribution in [1.82, 2.24) is 9.47 Å². The molecule has 0 fully saturated rings. The van der Waals surface area contributed by atoms with Crippen molar-refractivity contribution in [3.63, 3.8) is 0 Å². The Morgan fingerprint density at radius 2 is 2.27 bits per heavy atom. The Balaban J connectivity index is 2.63. The molecule has 0 atom stereocenters. The van der Waals surface area contributed by atoms with E-state index < -0.39 is 0 Å². The molecule has 0 aliphatic carbocycles. The number of aromatic nitrogens is 1. The topological polar surface area (TPSA) is 8.17 Å². The zero-order valence-electron chi connectivity index (χ0n) is 9.95. The molecule has 0 bridgehead atoms. The van der Waals surface area contributed by atoms with E-state index in [1.165, 1.54) is 18.5 Å². The van der Waals surface area contributed by atoms with Gasteiger partial charge in [0.25, 0.3) is 0 Å². The van der Waals surface area contributed by atoms with Gasteiger partial charge in [-0.15, -0.1) is 6.42 Å². The molecule has 0 saturated heterocycles. The second-order valence-electron chi connectivity index (χ2n) is 4.02. The number of rotatable bonds is 5. The first kappa shape index (κ1) is 11.9. The van der Waals surface area contributed by atoms with Crippen molar-refractivity contribution < 1.29 is 0 Å². The van der Waals surface area contributed by atoms with Crippen LogP contribution in [0.25, 0.3) is 0 Å². The smallest absolute Gasteiger partial charge is 0.0472 e. The molecule has 0 aromatic carbocycles. The largest absolute Gasteiger partial charge is 0.352 e. The van der Waals surface area contributed by atoms with Gasteiger partial charge in [0.2, 0.25) is 0 Å². The first-order valence-corrected chi connectivity index (χ1v) is 5.48. The lowest BCUT2D eigenvalue weighted by atomic mass is 10.2. The molecular weight excluding hydrogens is 184 g/mol. The summed E-state index contributed by atoms with van der Waals surface area (Å²) in [5, 5.41) is 0. The Kier molecular flexibility index (Phi) is 4.45. The first-order valence-electron chi connectivity index (χ1n) is 5.48. The van der Waals surface area contributed by atoms with Crippen LogP contribution in [0.2, 0.25) is 0 Å². The second kappa shape index (κ2) is 5.63. The van der Waals surface area contributed by atoms with E-state index >= 15 is 0 Å². The third kappa shape index (κ3) is 3.14. The van der Waals surface area contributed by atoms with E-state index in [0.717, 1.165) is 18.7 Å². The lowest BCUT2D eigenvalue weighted by molar-refractivity contribution is 0.313. The van der Waals surface area contributed by atoms with E-state index in [1.54, 1.807) is 0 Å². The normalized spacial score (nSPS) is 10.6. The maximum absolute atomic E-state index is 5.46. The van der Waals surface area contributed by atoms with Gasteiger partial charge in [-0.2, -0.15) is 0 Å². The van der Waals surface area contributed by atoms with Crippen molar-refractivity contribution in [2.45, 2.75) is 26.3 Å². The van der Waals surface area contributed by atoms with E-state index in [2.05, 4.69) is 29.4 Å². The molecule has 0 N–H and O–H groups in total. The summed E-state index contributed by atoms with van der Waals surface area (Å²) in [5.41, 5.74) is 2.25. The third-order valence-corrected chi connectivity index (χ3v) is 2.67. The minimum atomic E-state index is 0.934. The highest BCUT2D eigenvalue weighted by molar-refractivity contribution is 5.37. The van der Waals surface area contributed by atoms with Crippen molar-refractivity contribution in [3.05, 3.63) is 23.5 Å². The van der Waals surface area contributed by atoms with Crippen LogP contribution in [0.4, 0.5) is 0 Å². The number of nitrogens with zero attached hydrogens (tertiary/aromatic N) is 2. The van der Waals surface area contributed by atoms with E-state index in [0.29, 0.717) is 0 Å². The molecule has 82 valence electrons. The molecule has 1 rings (SSSR count). The molecule has 0 unspecified atom stereocenters. The zero-order valence-corrected chi connectivity index (χ0v) is 9.95. The predicted molar refractivity (Wildman–Crippen MR) is 64.6 cm³/mol. The van der Waals surface area contributed by atoms with Gasteiger partial charge >= 0.3 is 0 Å². The van der Waals surface area contributed by atoms with Crippen LogP contribution in [0.15, 0.2) is 12.3 Å². The van der Waals surface area contributed by atoms with Gasteiger partial charge in [-0.05, 0) is 26.1 Å². The lowest BCUT2D eigenvalue weighted by Crippen LogP contribution is -2.21. The van der Waals surface area contributed by atoms with Crippen LogP contribution in [0.1, 0.15) is 31.0 Å². The number of hydrogen-bond donors (Lipinski definition) is 0. The Bertz CT molecular complexity index is 344. The molecule has 15 heavy (non-hydrogen) atoms. The van der Waals surface area contributed by atoms with Gasteiger partial charge in [-0.3, -0.25) is 0 Å². The van der Waals surface area contributed by atoms with Crippen molar-refractivity contribution >= 4 is 0 Å². The molecule has 0 radical (unpaired) electrons. The van der Waals surface area contributed by atoms with Crippen molar-refractivity contribution in [2.75, 3.05) is 13.6 Å². The fourth-order valence-electron chi connectivity index (χ4n) is 1.65. The van der Waals surface area contributed by atoms with Gasteiger partial charge in [0.05, 0.1) is 0 Å². The van der Waals surface area contributed by atoms with E-state index in [4.69, 9.17) is 6.42 Å². The van der Waals surface area contributed by atoms with Gasteiger partial charge < -0.3 is 9.47 Å². The SMILES string of the molecule is C#Cc1ccn(C)c1CN(C)CCCC. The average molecular weight is 204 g/mol. The summed E-state index contributed by atoms with van der Waals surface area (Å²) in [4.78, 5) is 2.32. The summed E-state index contributed by atoms with van der Waals surface area (Å²) >= 11 is 0. The van der Waals surface area contributed by atoms with E-state index in [-0.39, 0.29) is 0 Å². The molecule has 0 amide bonds. The highest BCUT2D eigenvalue weighted by Crippen LogP contribution is 2.11. The molecule has 0 aliphatic rings. The van der Waals surface area contributed by atoms with Gasteiger partial charge in [-0.1, -0.05) is 19.3 Å². The van der Waals surface area contributed by atoms with Gasteiger partial charge in [0.1, 0.15) is 0 Å². The molecule has 1 heterocycles. The molecule has 0 saturated carbocycles. The van der Waals surface area contributed by atoms with Crippen LogP contribution in [0.5, 0.6) is 0 Å². The van der Waals surface area contributed by atoms with Crippen LogP contribution >= 0.6 is 0 Å². The Hall–Kier alpha value is -1.20. The summed E-state index contributed by atoms with van der Waals surface area (Å²) < 4.78 is 2.11. The van der Waals surface area contributed by atoms with Gasteiger partial charge in [-0.25, -0.2) is 0 Å². The molecule has 0 spiro atoms. The highest BCUT2D eigenvalue weighted by Gasteiger charge is 2.07. The van der Waals surface area contributed by atoms with Crippen LogP contribution in [-0.4, -0.2) is 23.1 Å². The quantitative estimate of drug-likeness (QED) is 0.668. The highest BCUT2D eigenvalue weighted by atomic mass is 15.1. The number of hydrogen-bond acceptors (Lipinski definition) is 1. The first-order chi connectivity index (χ1) is 7.19. The second-order valence-corrected chi connectivity index (χ2v) is 4.02. The standard InChI is InChI=1S/C13H20N2/c1-5-7-9-14(3)11-13-12(6-2)8-10-15(13)4/h2,8,10H,5,7,9,11H2,1,3-4H3. The number of aryl methyl sites for hydroxylation is 1. The van der Waals surface area contributed by atoms with Crippen LogP contribution in [0.3, 0.4) is 0 Å². The maximum Gasteiger partial charge on any atom is 0.0472 e. The Morgan fingerprint density at radius 3 is 2.87 bits per heavy atom. The zero-order chi connectivity index (χ0) is 11.3. The summed E-state index contributed by atoms with van der Waals surface area (Å²) in [5.74, 6) is 2.73.